The van der Waals surface area contributed by atoms with Gasteiger partial charge < -0.3 is 19.1 Å². The number of aromatic nitrogens is 2. The van der Waals surface area contributed by atoms with E-state index in [1.807, 2.05) is 0 Å². The Morgan fingerprint density at radius 1 is 1.46 bits per heavy atom. The molecule has 0 aliphatic carbocycles. The molecule has 24 heavy (non-hydrogen) atoms. The first kappa shape index (κ1) is 16.4. The standard InChI is InChI=1S/C17H21N3O4/c1-11-5-6-20(10-14-4-3-7-23-14)17(22)15(11)16(21)18-9-13-8-12(2)24-19-13/h5-6,8,14H,3-4,7,9-10H2,1-2H3,(H,18,21). The number of ether oxygens (including phenoxy) is 1. The number of nitrogens with zero attached hydrogens (tertiary/aromatic N) is 2. The summed E-state index contributed by atoms with van der Waals surface area (Å²) in [5.41, 5.74) is 1.14. The first-order valence-corrected chi connectivity index (χ1v) is 8.06. The van der Waals surface area contributed by atoms with Gasteiger partial charge in [0, 0.05) is 18.9 Å². The van der Waals surface area contributed by atoms with E-state index in [-0.39, 0.29) is 23.8 Å². The second-order valence-corrected chi connectivity index (χ2v) is 6.08. The molecular weight excluding hydrogens is 310 g/mol. The molecule has 1 aliphatic heterocycles. The highest BCUT2D eigenvalue weighted by atomic mass is 16.5. The SMILES string of the molecule is Cc1cc(CNC(=O)c2c(C)ccn(CC3CCCO3)c2=O)no1. The number of hydrogen-bond acceptors (Lipinski definition) is 5. The number of aryl methyl sites for hydroxylation is 2. The average Bonchev–Trinajstić information content (AvgIpc) is 3.20. The van der Waals surface area contributed by atoms with Gasteiger partial charge in [-0.3, -0.25) is 9.59 Å². The second kappa shape index (κ2) is 7.00. The summed E-state index contributed by atoms with van der Waals surface area (Å²) in [6.45, 7) is 4.96. The van der Waals surface area contributed by atoms with Crippen molar-refractivity contribution in [3.05, 3.63) is 51.3 Å². The van der Waals surface area contributed by atoms with Gasteiger partial charge in [-0.25, -0.2) is 0 Å². The van der Waals surface area contributed by atoms with E-state index in [9.17, 15) is 9.59 Å². The van der Waals surface area contributed by atoms with E-state index in [1.54, 1.807) is 36.7 Å². The number of carbonyl (C=O) groups excluding carboxylic acids is 1. The van der Waals surface area contributed by atoms with Gasteiger partial charge in [-0.1, -0.05) is 5.16 Å². The minimum atomic E-state index is -0.403. The van der Waals surface area contributed by atoms with E-state index in [0.717, 1.165) is 19.4 Å². The summed E-state index contributed by atoms with van der Waals surface area (Å²) in [5.74, 6) is 0.272. The van der Waals surface area contributed by atoms with Crippen molar-refractivity contribution in [3.8, 4) is 0 Å². The maximum atomic E-state index is 12.6. The molecule has 2 aromatic rings. The maximum absolute atomic E-state index is 12.6. The van der Waals surface area contributed by atoms with Crippen LogP contribution in [-0.2, 0) is 17.8 Å². The zero-order valence-electron chi connectivity index (χ0n) is 13.9. The lowest BCUT2D eigenvalue weighted by atomic mass is 10.1. The summed E-state index contributed by atoms with van der Waals surface area (Å²) in [6, 6.07) is 3.53. The lowest BCUT2D eigenvalue weighted by molar-refractivity contribution is 0.0927. The van der Waals surface area contributed by atoms with Gasteiger partial charge in [0.25, 0.3) is 11.5 Å². The van der Waals surface area contributed by atoms with Crippen LogP contribution in [0.3, 0.4) is 0 Å². The molecule has 0 bridgehead atoms. The minimum absolute atomic E-state index is 0.0411. The number of pyridine rings is 1. The Morgan fingerprint density at radius 3 is 2.96 bits per heavy atom. The van der Waals surface area contributed by atoms with Crippen molar-refractivity contribution in [2.45, 2.75) is 45.9 Å². The minimum Gasteiger partial charge on any atom is -0.376 e. The molecule has 0 saturated carbocycles. The van der Waals surface area contributed by atoms with Crippen molar-refractivity contribution in [2.75, 3.05) is 6.61 Å². The van der Waals surface area contributed by atoms with Crippen LogP contribution in [0.2, 0.25) is 0 Å². The molecule has 3 rings (SSSR count). The molecule has 1 saturated heterocycles. The molecule has 1 aliphatic rings. The first-order chi connectivity index (χ1) is 11.5. The molecule has 1 amide bonds. The van der Waals surface area contributed by atoms with Crippen molar-refractivity contribution < 1.29 is 14.1 Å². The highest BCUT2D eigenvalue weighted by molar-refractivity contribution is 5.95. The summed E-state index contributed by atoms with van der Waals surface area (Å²) >= 11 is 0. The Morgan fingerprint density at radius 2 is 2.29 bits per heavy atom. The molecule has 1 atom stereocenters. The Hall–Kier alpha value is -2.41. The summed E-state index contributed by atoms with van der Waals surface area (Å²) in [7, 11) is 0. The van der Waals surface area contributed by atoms with E-state index in [4.69, 9.17) is 9.26 Å². The van der Waals surface area contributed by atoms with Crippen molar-refractivity contribution in [2.24, 2.45) is 0 Å². The van der Waals surface area contributed by atoms with E-state index in [0.29, 0.717) is 23.6 Å². The zero-order valence-corrected chi connectivity index (χ0v) is 13.9. The third kappa shape index (κ3) is 3.56. The van der Waals surface area contributed by atoms with Gasteiger partial charge in [0.15, 0.2) is 0 Å². The maximum Gasteiger partial charge on any atom is 0.263 e. The largest absolute Gasteiger partial charge is 0.376 e. The number of carbonyl (C=O) groups is 1. The van der Waals surface area contributed by atoms with Crippen LogP contribution in [0.1, 0.15) is 40.2 Å². The molecule has 1 unspecified atom stereocenters. The Kier molecular flexibility index (Phi) is 4.80. The lowest BCUT2D eigenvalue weighted by Gasteiger charge is -2.14. The number of amides is 1. The van der Waals surface area contributed by atoms with Gasteiger partial charge in [0.2, 0.25) is 0 Å². The molecule has 128 valence electrons. The van der Waals surface area contributed by atoms with Gasteiger partial charge in [0.05, 0.1) is 19.2 Å². The molecule has 7 nitrogen and oxygen atoms in total. The van der Waals surface area contributed by atoms with Crippen LogP contribution < -0.4 is 10.9 Å². The Labute approximate surface area is 139 Å². The highest BCUT2D eigenvalue weighted by Gasteiger charge is 2.20. The zero-order chi connectivity index (χ0) is 17.1. The predicted octanol–water partition coefficient (Wildman–Crippen LogP) is 1.56. The topological polar surface area (TPSA) is 86.4 Å². The third-order valence-electron chi connectivity index (χ3n) is 4.13. The van der Waals surface area contributed by atoms with Crippen LogP contribution >= 0.6 is 0 Å². The second-order valence-electron chi connectivity index (χ2n) is 6.08. The van der Waals surface area contributed by atoms with Gasteiger partial charge in [0.1, 0.15) is 17.0 Å². The van der Waals surface area contributed by atoms with E-state index >= 15 is 0 Å². The normalized spacial score (nSPS) is 17.2. The van der Waals surface area contributed by atoms with Crippen LogP contribution in [0.25, 0.3) is 0 Å². The molecule has 3 heterocycles. The number of hydrogen-bond donors (Lipinski definition) is 1. The van der Waals surface area contributed by atoms with Gasteiger partial charge in [-0.2, -0.15) is 0 Å². The predicted molar refractivity (Wildman–Crippen MR) is 86.8 cm³/mol. The molecule has 0 spiro atoms. The monoisotopic (exact) mass is 331 g/mol. The van der Waals surface area contributed by atoms with Crippen LogP contribution in [0.4, 0.5) is 0 Å². The van der Waals surface area contributed by atoms with Crippen molar-refractivity contribution in [3.63, 3.8) is 0 Å². The Bertz CT molecular complexity index is 787. The fraction of sp³-hybridized carbons (Fsp3) is 0.471. The summed E-state index contributed by atoms with van der Waals surface area (Å²) in [4.78, 5) is 25.1. The van der Waals surface area contributed by atoms with Gasteiger partial charge >= 0.3 is 0 Å². The molecular formula is C17H21N3O4. The molecule has 0 radical (unpaired) electrons. The quantitative estimate of drug-likeness (QED) is 0.898. The average molecular weight is 331 g/mol. The fourth-order valence-corrected chi connectivity index (χ4v) is 2.85. The fourth-order valence-electron chi connectivity index (χ4n) is 2.85. The third-order valence-corrected chi connectivity index (χ3v) is 4.13. The van der Waals surface area contributed by atoms with Crippen LogP contribution in [0.5, 0.6) is 0 Å². The first-order valence-electron chi connectivity index (χ1n) is 8.06. The van der Waals surface area contributed by atoms with Crippen LogP contribution in [-0.4, -0.2) is 28.3 Å². The number of nitrogens with one attached hydrogen (secondary N) is 1. The van der Waals surface area contributed by atoms with Crippen LogP contribution in [0, 0.1) is 13.8 Å². The highest BCUT2D eigenvalue weighted by Crippen LogP contribution is 2.13. The molecule has 1 N–H and O–H groups in total. The summed E-state index contributed by atoms with van der Waals surface area (Å²) < 4.78 is 12.1. The molecule has 0 aromatic carbocycles. The summed E-state index contributed by atoms with van der Waals surface area (Å²) in [6.07, 6.45) is 3.71. The lowest BCUT2D eigenvalue weighted by Crippen LogP contribution is -2.35. The number of rotatable bonds is 5. The van der Waals surface area contributed by atoms with E-state index in [2.05, 4.69) is 10.5 Å². The molecule has 1 fully saturated rings. The van der Waals surface area contributed by atoms with Crippen molar-refractivity contribution in [1.29, 1.82) is 0 Å². The molecule has 2 aromatic heterocycles. The molecule has 7 heteroatoms. The van der Waals surface area contributed by atoms with Crippen molar-refractivity contribution >= 4 is 5.91 Å². The van der Waals surface area contributed by atoms with Crippen LogP contribution in [0.15, 0.2) is 27.6 Å². The smallest absolute Gasteiger partial charge is 0.263 e. The van der Waals surface area contributed by atoms with E-state index in [1.165, 1.54) is 0 Å². The van der Waals surface area contributed by atoms with Crippen molar-refractivity contribution in [1.82, 2.24) is 15.0 Å². The van der Waals surface area contributed by atoms with Gasteiger partial charge in [-0.15, -0.1) is 0 Å². The van der Waals surface area contributed by atoms with E-state index < -0.39 is 5.91 Å². The summed E-state index contributed by atoms with van der Waals surface area (Å²) in [5, 5.41) is 6.55. The Balaban J connectivity index is 1.75. The van der Waals surface area contributed by atoms with Gasteiger partial charge in [-0.05, 0) is 38.3 Å².